The Morgan fingerprint density at radius 2 is 1.89 bits per heavy atom. The molecule has 0 aliphatic heterocycles. The van der Waals surface area contributed by atoms with E-state index in [-0.39, 0.29) is 11.4 Å². The van der Waals surface area contributed by atoms with Crippen molar-refractivity contribution in [3.63, 3.8) is 0 Å². The maximum absolute atomic E-state index is 14.2. The van der Waals surface area contributed by atoms with Gasteiger partial charge in [0.05, 0.1) is 22.9 Å². The number of hydrogen-bond acceptors (Lipinski definition) is 5. The van der Waals surface area contributed by atoms with E-state index in [4.69, 9.17) is 5.26 Å². The zero-order chi connectivity index (χ0) is 18.9. The average Bonchev–Trinajstić information content (AvgIpc) is 2.66. The summed E-state index contributed by atoms with van der Waals surface area (Å²) in [4.78, 5) is 4.20. The average molecular weight is 363 g/mol. The third-order valence-electron chi connectivity index (χ3n) is 4.82. The van der Waals surface area contributed by atoms with Gasteiger partial charge in [-0.15, -0.1) is 10.2 Å². The molecule has 0 radical (unpaired) electrons. The second-order valence-electron chi connectivity index (χ2n) is 6.50. The van der Waals surface area contributed by atoms with Crippen LogP contribution in [0.4, 0.5) is 14.6 Å². The second-order valence-corrected chi connectivity index (χ2v) is 6.50. The minimum atomic E-state index is -0.604. The third-order valence-corrected chi connectivity index (χ3v) is 4.82. The van der Waals surface area contributed by atoms with Gasteiger partial charge in [-0.3, -0.25) is 4.98 Å². The van der Waals surface area contributed by atoms with Crippen LogP contribution in [-0.4, -0.2) is 15.2 Å². The molecule has 0 atom stereocenters. The van der Waals surface area contributed by atoms with Gasteiger partial charge in [-0.1, -0.05) is 0 Å². The van der Waals surface area contributed by atoms with Crippen LogP contribution in [0, 0.1) is 23.0 Å². The SMILES string of the molecule is N#Cc1ccc(F)c(-c2ccc(NC3(c4ncccc4F)CCC3)nn2)c1. The van der Waals surface area contributed by atoms with Crippen molar-refractivity contribution in [2.75, 3.05) is 5.32 Å². The molecule has 1 N–H and O–H groups in total. The summed E-state index contributed by atoms with van der Waals surface area (Å²) >= 11 is 0. The summed E-state index contributed by atoms with van der Waals surface area (Å²) in [6.45, 7) is 0. The van der Waals surface area contributed by atoms with Gasteiger partial charge in [0.1, 0.15) is 23.1 Å². The Morgan fingerprint density at radius 1 is 1.04 bits per heavy atom. The molecule has 3 aromatic rings. The van der Waals surface area contributed by atoms with Crippen molar-refractivity contribution in [1.82, 2.24) is 15.2 Å². The summed E-state index contributed by atoms with van der Waals surface area (Å²) in [6, 6.07) is 12.3. The highest BCUT2D eigenvalue weighted by Gasteiger charge is 2.42. The molecule has 0 amide bonds. The molecule has 5 nitrogen and oxygen atoms in total. The van der Waals surface area contributed by atoms with E-state index in [1.54, 1.807) is 24.4 Å². The highest BCUT2D eigenvalue weighted by molar-refractivity contribution is 5.62. The number of aromatic nitrogens is 3. The molecule has 7 heteroatoms. The lowest BCUT2D eigenvalue weighted by Crippen LogP contribution is -2.43. The van der Waals surface area contributed by atoms with Gasteiger partial charge in [0.2, 0.25) is 0 Å². The minimum absolute atomic E-state index is 0.210. The van der Waals surface area contributed by atoms with Crippen molar-refractivity contribution in [1.29, 1.82) is 5.26 Å². The van der Waals surface area contributed by atoms with Crippen LogP contribution in [0.3, 0.4) is 0 Å². The van der Waals surface area contributed by atoms with E-state index >= 15 is 0 Å². The maximum Gasteiger partial charge on any atom is 0.149 e. The predicted molar refractivity (Wildman–Crippen MR) is 95.5 cm³/mol. The number of benzene rings is 1. The summed E-state index contributed by atoms with van der Waals surface area (Å²) < 4.78 is 28.3. The summed E-state index contributed by atoms with van der Waals surface area (Å²) in [6.07, 6.45) is 4.01. The van der Waals surface area contributed by atoms with E-state index in [0.29, 0.717) is 22.8 Å². The number of halogens is 2. The van der Waals surface area contributed by atoms with Crippen LogP contribution < -0.4 is 5.32 Å². The van der Waals surface area contributed by atoms with Crippen molar-refractivity contribution >= 4 is 5.82 Å². The molecule has 0 saturated heterocycles. The van der Waals surface area contributed by atoms with Crippen molar-refractivity contribution in [3.8, 4) is 17.3 Å². The standard InChI is InChI=1S/C20H15F2N5/c21-15-5-4-13(12-23)11-14(15)17-6-7-18(27-26-17)25-20(8-2-9-20)19-16(22)3-1-10-24-19/h1,3-7,10-11H,2,8-9H2,(H,25,27). The number of pyridine rings is 1. The van der Waals surface area contributed by atoms with Crippen molar-refractivity contribution < 1.29 is 8.78 Å². The number of rotatable bonds is 4. The Hall–Kier alpha value is -3.40. The lowest BCUT2D eigenvalue weighted by molar-refractivity contribution is 0.265. The Kier molecular flexibility index (Phi) is 4.24. The third kappa shape index (κ3) is 3.10. The van der Waals surface area contributed by atoms with Crippen LogP contribution in [0.2, 0.25) is 0 Å². The normalized spacial score (nSPS) is 14.9. The molecule has 27 heavy (non-hydrogen) atoms. The number of hydrogen-bond donors (Lipinski definition) is 1. The Labute approximate surface area is 154 Å². The summed E-state index contributed by atoms with van der Waals surface area (Å²) in [7, 11) is 0. The molecule has 2 aromatic heterocycles. The quantitative estimate of drug-likeness (QED) is 0.753. The molecule has 0 unspecified atom stereocenters. The molecule has 134 valence electrons. The fraction of sp³-hybridized carbons (Fsp3) is 0.200. The van der Waals surface area contributed by atoms with Crippen LogP contribution in [0.25, 0.3) is 11.3 Å². The number of nitrogens with one attached hydrogen (secondary N) is 1. The van der Waals surface area contributed by atoms with Crippen LogP contribution in [-0.2, 0) is 5.54 Å². The van der Waals surface area contributed by atoms with E-state index in [0.717, 1.165) is 19.3 Å². The van der Waals surface area contributed by atoms with E-state index in [1.807, 2.05) is 6.07 Å². The highest BCUT2D eigenvalue weighted by atomic mass is 19.1. The first-order valence-electron chi connectivity index (χ1n) is 8.54. The molecule has 1 aliphatic carbocycles. The van der Waals surface area contributed by atoms with Crippen LogP contribution >= 0.6 is 0 Å². The smallest absolute Gasteiger partial charge is 0.149 e. The van der Waals surface area contributed by atoms with Crippen LogP contribution in [0.15, 0.2) is 48.7 Å². The minimum Gasteiger partial charge on any atom is -0.357 e. The van der Waals surface area contributed by atoms with Crippen molar-refractivity contribution in [2.24, 2.45) is 0 Å². The molecule has 0 bridgehead atoms. The molecule has 1 aliphatic rings. The van der Waals surface area contributed by atoms with Crippen molar-refractivity contribution in [2.45, 2.75) is 24.8 Å². The maximum atomic E-state index is 14.2. The predicted octanol–water partition coefficient (Wildman–Crippen LogP) is 4.18. The molecule has 1 fully saturated rings. The van der Waals surface area contributed by atoms with Crippen LogP contribution in [0.5, 0.6) is 0 Å². The fourth-order valence-electron chi connectivity index (χ4n) is 3.27. The largest absolute Gasteiger partial charge is 0.357 e. The molecule has 4 rings (SSSR count). The van der Waals surface area contributed by atoms with Gasteiger partial charge in [0.25, 0.3) is 0 Å². The lowest BCUT2D eigenvalue weighted by Gasteiger charge is -2.42. The number of nitriles is 1. The topological polar surface area (TPSA) is 74.5 Å². The van der Waals surface area contributed by atoms with Gasteiger partial charge in [-0.2, -0.15) is 5.26 Å². The number of nitrogens with zero attached hydrogens (tertiary/aromatic N) is 4. The lowest BCUT2D eigenvalue weighted by atomic mass is 9.74. The molecule has 1 aromatic carbocycles. The van der Waals surface area contributed by atoms with Gasteiger partial charge in [-0.05, 0) is 61.7 Å². The zero-order valence-electron chi connectivity index (χ0n) is 14.3. The van der Waals surface area contributed by atoms with E-state index in [9.17, 15) is 8.78 Å². The molecular weight excluding hydrogens is 348 g/mol. The molecule has 1 saturated carbocycles. The van der Waals surface area contributed by atoms with Crippen molar-refractivity contribution in [3.05, 3.63) is 71.6 Å². The summed E-state index contributed by atoms with van der Waals surface area (Å²) in [5.74, 6) is -0.375. The highest BCUT2D eigenvalue weighted by Crippen LogP contribution is 2.43. The van der Waals surface area contributed by atoms with Gasteiger partial charge < -0.3 is 5.32 Å². The van der Waals surface area contributed by atoms with Gasteiger partial charge in [0.15, 0.2) is 0 Å². The second kappa shape index (κ2) is 6.72. The monoisotopic (exact) mass is 363 g/mol. The Balaban J connectivity index is 1.62. The van der Waals surface area contributed by atoms with E-state index in [2.05, 4.69) is 20.5 Å². The number of anilines is 1. The zero-order valence-corrected chi connectivity index (χ0v) is 14.3. The molecule has 2 heterocycles. The fourth-order valence-corrected chi connectivity index (χ4v) is 3.27. The summed E-state index contributed by atoms with van der Waals surface area (Å²) in [5, 5.41) is 20.4. The summed E-state index contributed by atoms with van der Waals surface area (Å²) in [5.41, 5.74) is 0.640. The molecule has 0 spiro atoms. The van der Waals surface area contributed by atoms with Gasteiger partial charge in [0, 0.05) is 11.8 Å². The Morgan fingerprint density at radius 3 is 2.52 bits per heavy atom. The van der Waals surface area contributed by atoms with E-state index < -0.39 is 11.4 Å². The Bertz CT molecular complexity index is 1020. The van der Waals surface area contributed by atoms with Gasteiger partial charge in [-0.25, -0.2) is 8.78 Å². The van der Waals surface area contributed by atoms with Gasteiger partial charge >= 0.3 is 0 Å². The first kappa shape index (κ1) is 17.0. The molecular formula is C20H15F2N5. The van der Waals surface area contributed by atoms with Crippen LogP contribution in [0.1, 0.15) is 30.5 Å². The first-order chi connectivity index (χ1) is 13.1. The first-order valence-corrected chi connectivity index (χ1v) is 8.54. The van der Waals surface area contributed by atoms with E-state index in [1.165, 1.54) is 24.3 Å².